The molecule has 0 bridgehead atoms. The summed E-state index contributed by atoms with van der Waals surface area (Å²) in [4.78, 5) is 4.53. The third kappa shape index (κ3) is 2.86. The van der Waals surface area contributed by atoms with Crippen molar-refractivity contribution in [2.24, 2.45) is 0 Å². The number of ether oxygens (including phenoxy) is 1. The summed E-state index contributed by atoms with van der Waals surface area (Å²) < 4.78 is 5.85. The molecular weight excluding hydrogens is 298 g/mol. The Hall–Kier alpha value is -3.14. The second kappa shape index (κ2) is 6.16. The number of fused-ring (bicyclic) bond motifs is 1. The summed E-state index contributed by atoms with van der Waals surface area (Å²) in [7, 11) is 0. The van der Waals surface area contributed by atoms with E-state index in [0.29, 0.717) is 18.3 Å². The van der Waals surface area contributed by atoms with Gasteiger partial charge in [0.25, 0.3) is 0 Å². The first-order valence-electron chi connectivity index (χ1n) is 7.88. The number of benzene rings is 3. The molecule has 1 aromatic heterocycles. The van der Waals surface area contributed by atoms with Gasteiger partial charge in [0.05, 0.1) is 0 Å². The van der Waals surface area contributed by atoms with Gasteiger partial charge in [-0.3, -0.25) is 5.10 Å². The van der Waals surface area contributed by atoms with Gasteiger partial charge in [0, 0.05) is 5.56 Å². The number of nitrogens with one attached hydrogen (secondary N) is 1. The molecule has 0 radical (unpaired) electrons. The lowest BCUT2D eigenvalue weighted by Gasteiger charge is -2.05. The summed E-state index contributed by atoms with van der Waals surface area (Å²) in [5.41, 5.74) is 2.18. The zero-order valence-corrected chi connectivity index (χ0v) is 13.4. The van der Waals surface area contributed by atoms with Crippen LogP contribution in [0.25, 0.3) is 22.2 Å². The van der Waals surface area contributed by atoms with Crippen molar-refractivity contribution < 1.29 is 4.74 Å². The zero-order chi connectivity index (χ0) is 16.4. The number of nitrogens with zero attached hydrogens (tertiary/aromatic N) is 2. The molecule has 0 aliphatic carbocycles. The molecular formula is C20H17N3O. The van der Waals surface area contributed by atoms with Gasteiger partial charge in [0.2, 0.25) is 0 Å². The molecule has 118 valence electrons. The maximum Gasteiger partial charge on any atom is 0.181 e. The number of hydrogen-bond acceptors (Lipinski definition) is 3. The predicted molar refractivity (Wildman–Crippen MR) is 94.8 cm³/mol. The van der Waals surface area contributed by atoms with Gasteiger partial charge in [-0.15, -0.1) is 0 Å². The third-order valence-corrected chi connectivity index (χ3v) is 4.01. The molecule has 1 heterocycles. The van der Waals surface area contributed by atoms with Crippen molar-refractivity contribution in [3.05, 3.63) is 78.1 Å². The van der Waals surface area contributed by atoms with Gasteiger partial charge < -0.3 is 4.74 Å². The van der Waals surface area contributed by atoms with Gasteiger partial charge in [-0.05, 0) is 35.4 Å². The van der Waals surface area contributed by atoms with E-state index in [4.69, 9.17) is 4.74 Å². The van der Waals surface area contributed by atoms with E-state index in [0.717, 1.165) is 22.3 Å². The predicted octanol–water partition coefficient (Wildman–Crippen LogP) is 4.51. The minimum atomic E-state index is 0.358. The molecule has 4 aromatic rings. The van der Waals surface area contributed by atoms with Crippen LogP contribution in [0.4, 0.5) is 0 Å². The minimum Gasteiger partial charge on any atom is -0.486 e. The van der Waals surface area contributed by atoms with Crippen molar-refractivity contribution in [3.8, 4) is 17.1 Å². The molecule has 24 heavy (non-hydrogen) atoms. The molecule has 4 heteroatoms. The largest absolute Gasteiger partial charge is 0.486 e. The number of rotatable bonds is 4. The van der Waals surface area contributed by atoms with E-state index in [1.165, 1.54) is 5.39 Å². The van der Waals surface area contributed by atoms with Crippen molar-refractivity contribution in [2.45, 2.75) is 13.5 Å². The average molecular weight is 315 g/mol. The Labute approximate surface area is 140 Å². The Balaban J connectivity index is 1.51. The Morgan fingerprint density at radius 1 is 0.917 bits per heavy atom. The SMILES string of the molecule is Cc1ccccc1-c1n[nH]c(COc2ccc3ccccc3c2)n1. The van der Waals surface area contributed by atoms with Crippen LogP contribution in [-0.2, 0) is 6.61 Å². The van der Waals surface area contributed by atoms with Crippen LogP contribution < -0.4 is 4.74 Å². The second-order valence-electron chi connectivity index (χ2n) is 5.72. The minimum absolute atomic E-state index is 0.358. The molecule has 0 aliphatic rings. The fourth-order valence-corrected chi connectivity index (χ4v) is 2.71. The van der Waals surface area contributed by atoms with Crippen molar-refractivity contribution in [3.63, 3.8) is 0 Å². The Kier molecular flexibility index (Phi) is 3.71. The molecule has 0 spiro atoms. The summed E-state index contributed by atoms with van der Waals surface area (Å²) in [6, 6.07) is 22.4. The first-order chi connectivity index (χ1) is 11.8. The molecule has 0 saturated carbocycles. The summed E-state index contributed by atoms with van der Waals surface area (Å²) in [5, 5.41) is 9.61. The standard InChI is InChI=1S/C20H17N3O/c1-14-6-2-5-9-18(14)20-21-19(22-23-20)13-24-17-11-10-15-7-3-4-8-16(15)12-17/h2-12H,13H2,1H3,(H,21,22,23). The maximum absolute atomic E-state index is 5.85. The summed E-state index contributed by atoms with van der Waals surface area (Å²) >= 11 is 0. The zero-order valence-electron chi connectivity index (χ0n) is 13.4. The molecule has 0 atom stereocenters. The number of H-pyrrole nitrogens is 1. The van der Waals surface area contributed by atoms with Gasteiger partial charge >= 0.3 is 0 Å². The number of hydrogen-bond donors (Lipinski definition) is 1. The molecule has 4 nitrogen and oxygen atoms in total. The van der Waals surface area contributed by atoms with E-state index >= 15 is 0 Å². The van der Waals surface area contributed by atoms with Gasteiger partial charge in [-0.1, -0.05) is 54.6 Å². The highest BCUT2D eigenvalue weighted by Crippen LogP contribution is 2.22. The van der Waals surface area contributed by atoms with E-state index < -0.39 is 0 Å². The normalized spacial score (nSPS) is 10.9. The van der Waals surface area contributed by atoms with Crippen LogP contribution in [0.5, 0.6) is 5.75 Å². The summed E-state index contributed by atoms with van der Waals surface area (Å²) in [6.45, 7) is 2.41. The van der Waals surface area contributed by atoms with Crippen LogP contribution in [0.1, 0.15) is 11.4 Å². The lowest BCUT2D eigenvalue weighted by Crippen LogP contribution is -1.97. The van der Waals surface area contributed by atoms with Crippen molar-refractivity contribution in [1.82, 2.24) is 15.2 Å². The third-order valence-electron chi connectivity index (χ3n) is 4.01. The Morgan fingerprint density at radius 2 is 1.71 bits per heavy atom. The summed E-state index contributed by atoms with van der Waals surface area (Å²) in [5.74, 6) is 2.23. The lowest BCUT2D eigenvalue weighted by molar-refractivity contribution is 0.297. The fraction of sp³-hybridized carbons (Fsp3) is 0.100. The lowest BCUT2D eigenvalue weighted by atomic mass is 10.1. The fourth-order valence-electron chi connectivity index (χ4n) is 2.71. The highest BCUT2D eigenvalue weighted by atomic mass is 16.5. The molecule has 0 amide bonds. The van der Waals surface area contributed by atoms with Crippen LogP contribution >= 0.6 is 0 Å². The molecule has 3 aromatic carbocycles. The van der Waals surface area contributed by atoms with Crippen molar-refractivity contribution in [1.29, 1.82) is 0 Å². The molecule has 0 aliphatic heterocycles. The van der Waals surface area contributed by atoms with Gasteiger partial charge in [0.15, 0.2) is 11.6 Å². The van der Waals surface area contributed by atoms with Crippen molar-refractivity contribution in [2.75, 3.05) is 0 Å². The van der Waals surface area contributed by atoms with Crippen LogP contribution in [0.2, 0.25) is 0 Å². The maximum atomic E-state index is 5.85. The van der Waals surface area contributed by atoms with Crippen LogP contribution in [0.3, 0.4) is 0 Å². The first kappa shape index (κ1) is 14.5. The molecule has 4 rings (SSSR count). The van der Waals surface area contributed by atoms with E-state index in [9.17, 15) is 0 Å². The number of aromatic nitrogens is 3. The topological polar surface area (TPSA) is 50.8 Å². The monoisotopic (exact) mass is 315 g/mol. The van der Waals surface area contributed by atoms with Gasteiger partial charge in [0.1, 0.15) is 12.4 Å². The summed E-state index contributed by atoms with van der Waals surface area (Å²) in [6.07, 6.45) is 0. The van der Waals surface area contributed by atoms with Crippen LogP contribution in [0.15, 0.2) is 66.7 Å². The Morgan fingerprint density at radius 3 is 2.58 bits per heavy atom. The van der Waals surface area contributed by atoms with E-state index in [-0.39, 0.29) is 0 Å². The highest BCUT2D eigenvalue weighted by molar-refractivity contribution is 5.83. The van der Waals surface area contributed by atoms with Gasteiger partial charge in [-0.25, -0.2) is 4.98 Å². The molecule has 0 unspecified atom stereocenters. The van der Waals surface area contributed by atoms with Crippen LogP contribution in [0, 0.1) is 6.92 Å². The molecule has 0 saturated heterocycles. The van der Waals surface area contributed by atoms with Crippen LogP contribution in [-0.4, -0.2) is 15.2 Å². The Bertz CT molecular complexity index is 991. The van der Waals surface area contributed by atoms with E-state index in [1.54, 1.807) is 0 Å². The first-order valence-corrected chi connectivity index (χ1v) is 7.88. The van der Waals surface area contributed by atoms with E-state index in [2.05, 4.69) is 46.4 Å². The quantitative estimate of drug-likeness (QED) is 0.602. The average Bonchev–Trinajstić information content (AvgIpc) is 3.09. The molecule has 0 fully saturated rings. The number of aromatic amines is 1. The number of aryl methyl sites for hydroxylation is 1. The smallest absolute Gasteiger partial charge is 0.181 e. The highest BCUT2D eigenvalue weighted by Gasteiger charge is 2.08. The van der Waals surface area contributed by atoms with E-state index in [1.807, 2.05) is 42.5 Å². The second-order valence-corrected chi connectivity index (χ2v) is 5.72. The molecule has 1 N–H and O–H groups in total. The van der Waals surface area contributed by atoms with Crippen molar-refractivity contribution >= 4 is 10.8 Å². The van der Waals surface area contributed by atoms with Gasteiger partial charge in [-0.2, -0.15) is 5.10 Å².